The van der Waals surface area contributed by atoms with Crippen molar-refractivity contribution in [1.82, 2.24) is 20.4 Å². The van der Waals surface area contributed by atoms with Crippen molar-refractivity contribution in [1.29, 1.82) is 0 Å². The normalized spacial score (nSPS) is 16.9. The molecule has 3 rings (SSSR count). The molecule has 5 heteroatoms. The first-order valence-electron chi connectivity index (χ1n) is 6.23. The van der Waals surface area contributed by atoms with Crippen LogP contribution >= 0.6 is 11.3 Å². The molecule has 1 aliphatic rings. The van der Waals surface area contributed by atoms with E-state index in [0.717, 1.165) is 48.3 Å². The fourth-order valence-electron chi connectivity index (χ4n) is 2.08. The van der Waals surface area contributed by atoms with Gasteiger partial charge >= 0.3 is 0 Å². The van der Waals surface area contributed by atoms with E-state index in [0.29, 0.717) is 0 Å². The summed E-state index contributed by atoms with van der Waals surface area (Å²) in [6.07, 6.45) is 0. The maximum absolute atomic E-state index is 4.29. The average Bonchev–Trinajstić information content (AvgIpc) is 2.89. The zero-order valence-corrected chi connectivity index (χ0v) is 11.0. The summed E-state index contributed by atoms with van der Waals surface area (Å²) in [7, 11) is 0. The van der Waals surface area contributed by atoms with Crippen molar-refractivity contribution >= 4 is 11.3 Å². The van der Waals surface area contributed by atoms with Crippen LogP contribution in [0.3, 0.4) is 0 Å². The number of piperazine rings is 1. The van der Waals surface area contributed by atoms with E-state index in [4.69, 9.17) is 0 Å². The predicted octanol–water partition coefficient (Wildman–Crippen LogP) is 1.61. The molecule has 1 aromatic heterocycles. The predicted molar refractivity (Wildman–Crippen MR) is 73.5 cm³/mol. The van der Waals surface area contributed by atoms with Crippen LogP contribution in [-0.4, -0.2) is 41.3 Å². The Balaban J connectivity index is 1.69. The number of rotatable bonds is 3. The second kappa shape index (κ2) is 5.56. The number of nitrogens with one attached hydrogen (secondary N) is 1. The molecule has 0 aliphatic carbocycles. The number of hydrogen-bond donors (Lipinski definition) is 1. The molecule has 4 nitrogen and oxygen atoms in total. The Hall–Kier alpha value is -1.30. The topological polar surface area (TPSA) is 41.1 Å². The first-order valence-corrected chi connectivity index (χ1v) is 7.04. The Labute approximate surface area is 111 Å². The smallest absolute Gasteiger partial charge is 0.147 e. The largest absolute Gasteiger partial charge is 0.314 e. The molecule has 0 amide bonds. The van der Waals surface area contributed by atoms with Gasteiger partial charge in [-0.25, -0.2) is 0 Å². The highest BCUT2D eigenvalue weighted by Crippen LogP contribution is 2.23. The van der Waals surface area contributed by atoms with Crippen molar-refractivity contribution in [2.24, 2.45) is 0 Å². The van der Waals surface area contributed by atoms with Gasteiger partial charge in [-0.1, -0.05) is 41.7 Å². The molecular formula is C13H16N4S. The number of hydrogen-bond acceptors (Lipinski definition) is 5. The van der Waals surface area contributed by atoms with Gasteiger partial charge in [-0.15, -0.1) is 10.2 Å². The van der Waals surface area contributed by atoms with Crippen molar-refractivity contribution in [2.45, 2.75) is 6.54 Å². The lowest BCUT2D eigenvalue weighted by Crippen LogP contribution is -2.42. The minimum Gasteiger partial charge on any atom is -0.314 e. The summed E-state index contributed by atoms with van der Waals surface area (Å²) in [5, 5.41) is 14.1. The summed E-state index contributed by atoms with van der Waals surface area (Å²) < 4.78 is 0. The Bertz CT molecular complexity index is 491. The van der Waals surface area contributed by atoms with Gasteiger partial charge in [0.2, 0.25) is 0 Å². The van der Waals surface area contributed by atoms with E-state index in [1.165, 1.54) is 0 Å². The Morgan fingerprint density at radius 2 is 1.89 bits per heavy atom. The van der Waals surface area contributed by atoms with Gasteiger partial charge in [0.25, 0.3) is 0 Å². The molecule has 0 radical (unpaired) electrons. The highest BCUT2D eigenvalue weighted by atomic mass is 32.1. The second-order valence-corrected chi connectivity index (χ2v) is 5.46. The number of aromatic nitrogens is 2. The van der Waals surface area contributed by atoms with Crippen molar-refractivity contribution in [2.75, 3.05) is 26.2 Å². The van der Waals surface area contributed by atoms with E-state index >= 15 is 0 Å². The van der Waals surface area contributed by atoms with Crippen LogP contribution in [0.4, 0.5) is 0 Å². The van der Waals surface area contributed by atoms with Crippen LogP contribution in [0.15, 0.2) is 30.3 Å². The fraction of sp³-hybridized carbons (Fsp3) is 0.385. The molecule has 1 saturated heterocycles. The summed E-state index contributed by atoms with van der Waals surface area (Å²) in [6, 6.07) is 10.2. The molecule has 1 aliphatic heterocycles. The minimum atomic E-state index is 0.923. The average molecular weight is 260 g/mol. The van der Waals surface area contributed by atoms with E-state index in [1.54, 1.807) is 11.3 Å². The molecular weight excluding hydrogens is 244 g/mol. The van der Waals surface area contributed by atoms with Gasteiger partial charge in [0, 0.05) is 31.7 Å². The number of benzene rings is 1. The zero-order valence-electron chi connectivity index (χ0n) is 10.2. The molecule has 1 fully saturated rings. The van der Waals surface area contributed by atoms with Crippen LogP contribution in [0.2, 0.25) is 0 Å². The maximum Gasteiger partial charge on any atom is 0.147 e. The molecule has 0 atom stereocenters. The van der Waals surface area contributed by atoms with E-state index < -0.39 is 0 Å². The van der Waals surface area contributed by atoms with Gasteiger partial charge in [0.05, 0.1) is 6.54 Å². The molecule has 0 spiro atoms. The van der Waals surface area contributed by atoms with Gasteiger partial charge in [0.1, 0.15) is 10.0 Å². The molecule has 0 bridgehead atoms. The van der Waals surface area contributed by atoms with E-state index in [9.17, 15) is 0 Å². The Morgan fingerprint density at radius 1 is 1.11 bits per heavy atom. The van der Waals surface area contributed by atoms with Gasteiger partial charge in [0.15, 0.2) is 0 Å². The van der Waals surface area contributed by atoms with Crippen LogP contribution in [0.5, 0.6) is 0 Å². The van der Waals surface area contributed by atoms with Crippen molar-refractivity contribution in [3.63, 3.8) is 0 Å². The quantitative estimate of drug-likeness (QED) is 0.910. The van der Waals surface area contributed by atoms with Crippen LogP contribution < -0.4 is 5.32 Å². The van der Waals surface area contributed by atoms with Crippen LogP contribution in [0, 0.1) is 0 Å². The molecule has 1 N–H and O–H groups in total. The van der Waals surface area contributed by atoms with Crippen LogP contribution in [-0.2, 0) is 6.54 Å². The summed E-state index contributed by atoms with van der Waals surface area (Å²) in [5.41, 5.74) is 1.15. The van der Waals surface area contributed by atoms with Crippen LogP contribution in [0.25, 0.3) is 10.6 Å². The first kappa shape index (κ1) is 11.8. The van der Waals surface area contributed by atoms with Crippen LogP contribution in [0.1, 0.15) is 5.01 Å². The minimum absolute atomic E-state index is 0.923. The standard InChI is InChI=1S/C13H16N4S/c1-2-4-11(5-3-1)13-16-15-12(18-13)10-17-8-6-14-7-9-17/h1-5,14H,6-10H2. The lowest BCUT2D eigenvalue weighted by atomic mass is 10.2. The van der Waals surface area contributed by atoms with Gasteiger partial charge in [-0.3, -0.25) is 4.90 Å². The third kappa shape index (κ3) is 2.75. The zero-order chi connectivity index (χ0) is 12.2. The SMILES string of the molecule is c1ccc(-c2nnc(CN3CCNCC3)s2)cc1. The van der Waals surface area contributed by atoms with E-state index in [-0.39, 0.29) is 0 Å². The Morgan fingerprint density at radius 3 is 2.67 bits per heavy atom. The third-order valence-corrected chi connectivity index (χ3v) is 4.01. The molecule has 18 heavy (non-hydrogen) atoms. The summed E-state index contributed by atoms with van der Waals surface area (Å²) >= 11 is 1.70. The molecule has 2 heterocycles. The third-order valence-electron chi connectivity index (χ3n) is 3.06. The van der Waals surface area contributed by atoms with E-state index in [2.05, 4.69) is 32.5 Å². The summed E-state index contributed by atoms with van der Waals surface area (Å²) in [4.78, 5) is 2.42. The summed E-state index contributed by atoms with van der Waals surface area (Å²) in [6.45, 7) is 5.27. The second-order valence-electron chi connectivity index (χ2n) is 4.39. The van der Waals surface area contributed by atoms with Gasteiger partial charge in [-0.05, 0) is 0 Å². The highest BCUT2D eigenvalue weighted by molar-refractivity contribution is 7.14. The number of nitrogens with zero attached hydrogens (tertiary/aromatic N) is 3. The van der Waals surface area contributed by atoms with Crippen molar-refractivity contribution < 1.29 is 0 Å². The molecule has 2 aromatic rings. The summed E-state index contributed by atoms with van der Waals surface area (Å²) in [5.74, 6) is 0. The van der Waals surface area contributed by atoms with Crippen molar-refractivity contribution in [3.05, 3.63) is 35.3 Å². The van der Waals surface area contributed by atoms with Crippen molar-refractivity contribution in [3.8, 4) is 10.6 Å². The Kier molecular flexibility index (Phi) is 3.64. The van der Waals surface area contributed by atoms with Gasteiger partial charge in [-0.2, -0.15) is 0 Å². The van der Waals surface area contributed by atoms with Gasteiger partial charge < -0.3 is 5.32 Å². The molecule has 94 valence electrons. The lowest BCUT2D eigenvalue weighted by Gasteiger charge is -2.25. The first-order chi connectivity index (χ1) is 8.92. The molecule has 0 unspecified atom stereocenters. The maximum atomic E-state index is 4.29. The fourth-order valence-corrected chi connectivity index (χ4v) is 2.96. The molecule has 1 aromatic carbocycles. The van der Waals surface area contributed by atoms with E-state index in [1.807, 2.05) is 18.2 Å². The molecule has 0 saturated carbocycles. The monoisotopic (exact) mass is 260 g/mol. The highest BCUT2D eigenvalue weighted by Gasteiger charge is 2.13. The lowest BCUT2D eigenvalue weighted by molar-refractivity contribution is 0.232.